The zero-order valence-corrected chi connectivity index (χ0v) is 13.3. The van der Waals surface area contributed by atoms with Crippen LogP contribution in [0.5, 0.6) is 0 Å². The minimum absolute atomic E-state index is 0.00383. The van der Waals surface area contributed by atoms with Crippen molar-refractivity contribution in [3.63, 3.8) is 0 Å². The third kappa shape index (κ3) is 6.92. The van der Waals surface area contributed by atoms with Crippen LogP contribution in [0, 0.1) is 0 Å². The lowest BCUT2D eigenvalue weighted by molar-refractivity contribution is 0.527. The Morgan fingerprint density at radius 2 is 1.56 bits per heavy atom. The van der Waals surface area contributed by atoms with Crippen LogP contribution in [0.25, 0.3) is 0 Å². The molecule has 1 aromatic carbocycles. The van der Waals surface area contributed by atoms with Crippen molar-refractivity contribution < 1.29 is 0 Å². The summed E-state index contributed by atoms with van der Waals surface area (Å²) in [5.74, 6) is 0.968. The van der Waals surface area contributed by atoms with Crippen molar-refractivity contribution in [2.45, 2.75) is 58.4 Å². The standard InChI is InChI=1S/C15H26N2S/c1-14(2,3)16-18(17-15(4,5)6)12-13-10-8-7-9-11-13/h7-11H,12H2,1-6H3,(H,16,17). The molecule has 0 spiro atoms. The molecule has 0 saturated heterocycles. The van der Waals surface area contributed by atoms with E-state index in [4.69, 9.17) is 4.36 Å². The van der Waals surface area contributed by atoms with Crippen molar-refractivity contribution in [1.82, 2.24) is 4.72 Å². The van der Waals surface area contributed by atoms with Gasteiger partial charge in [0.2, 0.25) is 0 Å². The van der Waals surface area contributed by atoms with E-state index in [1.807, 2.05) is 0 Å². The molecule has 1 atom stereocenters. The maximum absolute atomic E-state index is 4.91. The average Bonchev–Trinajstić information content (AvgIpc) is 2.13. The van der Waals surface area contributed by atoms with E-state index >= 15 is 0 Å². The summed E-state index contributed by atoms with van der Waals surface area (Å²) >= 11 is 0. The van der Waals surface area contributed by atoms with Crippen LogP contribution < -0.4 is 4.72 Å². The van der Waals surface area contributed by atoms with E-state index < -0.39 is 0 Å². The molecule has 0 radical (unpaired) electrons. The second-order valence-corrected chi connectivity index (χ2v) is 8.01. The first-order chi connectivity index (χ1) is 8.16. The largest absolute Gasteiger partial charge is 0.250 e. The summed E-state index contributed by atoms with van der Waals surface area (Å²) < 4.78 is 8.53. The van der Waals surface area contributed by atoms with E-state index in [2.05, 4.69) is 76.6 Å². The van der Waals surface area contributed by atoms with Gasteiger partial charge >= 0.3 is 0 Å². The fraction of sp³-hybridized carbons (Fsp3) is 0.600. The molecule has 0 saturated carbocycles. The molecule has 102 valence electrons. The van der Waals surface area contributed by atoms with Gasteiger partial charge in [-0.15, -0.1) is 0 Å². The van der Waals surface area contributed by atoms with Gasteiger partial charge in [-0.2, -0.15) is 0 Å². The lowest BCUT2D eigenvalue weighted by Crippen LogP contribution is -2.38. The summed E-state index contributed by atoms with van der Waals surface area (Å²) in [6.45, 7) is 13.0. The summed E-state index contributed by atoms with van der Waals surface area (Å²) in [4.78, 5) is 0. The van der Waals surface area contributed by atoms with Crippen LogP contribution in [0.3, 0.4) is 0 Å². The van der Waals surface area contributed by atoms with Crippen LogP contribution in [0.1, 0.15) is 47.1 Å². The number of rotatable bonds is 3. The number of hydrogen-bond acceptors (Lipinski definition) is 1. The molecular formula is C15H26N2S. The van der Waals surface area contributed by atoms with Gasteiger partial charge in [-0.3, -0.25) is 0 Å². The number of benzene rings is 1. The second-order valence-electron chi connectivity index (χ2n) is 6.61. The molecule has 0 bridgehead atoms. The molecular weight excluding hydrogens is 240 g/mol. The topological polar surface area (TPSA) is 24.4 Å². The zero-order valence-electron chi connectivity index (χ0n) is 12.4. The Labute approximate surface area is 114 Å². The molecule has 3 heteroatoms. The number of nitrogens with zero attached hydrogens (tertiary/aromatic N) is 1. The van der Waals surface area contributed by atoms with Crippen LogP contribution in [-0.2, 0) is 16.6 Å². The maximum Gasteiger partial charge on any atom is 0.0606 e. The summed E-state index contributed by atoms with van der Waals surface area (Å²) in [6, 6.07) is 10.6. The van der Waals surface area contributed by atoms with Crippen LogP contribution in [0.15, 0.2) is 34.7 Å². The first kappa shape index (κ1) is 15.4. The Bertz CT molecular complexity index is 397. The Morgan fingerprint density at radius 1 is 1.00 bits per heavy atom. The van der Waals surface area contributed by atoms with Crippen LogP contribution >= 0.6 is 0 Å². The van der Waals surface area contributed by atoms with E-state index in [1.165, 1.54) is 5.56 Å². The minimum atomic E-state index is -0.139. The van der Waals surface area contributed by atoms with Gasteiger partial charge in [0.15, 0.2) is 0 Å². The molecule has 0 heterocycles. The van der Waals surface area contributed by atoms with Gasteiger partial charge in [0.05, 0.1) is 5.54 Å². The molecule has 0 amide bonds. The fourth-order valence-corrected chi connectivity index (χ4v) is 3.57. The van der Waals surface area contributed by atoms with Crippen molar-refractivity contribution in [2.75, 3.05) is 0 Å². The second kappa shape index (κ2) is 5.98. The molecule has 0 aliphatic heterocycles. The molecule has 1 aromatic rings. The van der Waals surface area contributed by atoms with Gasteiger partial charge < -0.3 is 0 Å². The molecule has 0 aliphatic rings. The quantitative estimate of drug-likeness (QED) is 0.875. The summed E-state index contributed by atoms with van der Waals surface area (Å²) in [5, 5.41) is 0. The fourth-order valence-electron chi connectivity index (χ4n) is 1.51. The predicted molar refractivity (Wildman–Crippen MR) is 82.6 cm³/mol. The monoisotopic (exact) mass is 266 g/mol. The molecule has 0 aromatic heterocycles. The first-order valence-electron chi connectivity index (χ1n) is 6.41. The maximum atomic E-state index is 4.91. The van der Waals surface area contributed by atoms with Crippen LogP contribution in [-0.4, -0.2) is 11.1 Å². The van der Waals surface area contributed by atoms with E-state index in [-0.39, 0.29) is 22.0 Å². The van der Waals surface area contributed by atoms with Gasteiger partial charge in [-0.25, -0.2) is 9.08 Å². The van der Waals surface area contributed by atoms with Gasteiger partial charge in [0.1, 0.15) is 0 Å². The van der Waals surface area contributed by atoms with Crippen LogP contribution in [0.2, 0.25) is 0 Å². The lowest BCUT2D eigenvalue weighted by atomic mass is 10.1. The van der Waals surface area contributed by atoms with E-state index in [9.17, 15) is 0 Å². The highest BCUT2D eigenvalue weighted by Crippen LogP contribution is 2.14. The molecule has 18 heavy (non-hydrogen) atoms. The Hall–Kier alpha value is -0.670. The van der Waals surface area contributed by atoms with Crippen molar-refractivity contribution in [3.05, 3.63) is 35.9 Å². The average molecular weight is 266 g/mol. The Kier molecular flexibility index (Phi) is 5.11. The highest BCUT2D eigenvalue weighted by atomic mass is 32.2. The predicted octanol–water partition coefficient (Wildman–Crippen LogP) is 4.09. The third-order valence-electron chi connectivity index (χ3n) is 1.95. The Morgan fingerprint density at radius 3 is 2.00 bits per heavy atom. The van der Waals surface area contributed by atoms with E-state index in [0.717, 1.165) is 5.75 Å². The highest BCUT2D eigenvalue weighted by Gasteiger charge is 2.15. The van der Waals surface area contributed by atoms with Gasteiger partial charge in [-0.1, -0.05) is 30.3 Å². The molecule has 2 nitrogen and oxygen atoms in total. The van der Waals surface area contributed by atoms with Crippen molar-refractivity contribution >= 4 is 10.9 Å². The minimum Gasteiger partial charge on any atom is -0.250 e. The highest BCUT2D eigenvalue weighted by molar-refractivity contribution is 7.84. The normalized spacial score (nSPS) is 14.8. The van der Waals surface area contributed by atoms with Crippen LogP contribution in [0.4, 0.5) is 0 Å². The van der Waals surface area contributed by atoms with Gasteiger partial charge in [0, 0.05) is 11.3 Å². The zero-order chi connectivity index (χ0) is 13.8. The first-order valence-corrected chi connectivity index (χ1v) is 7.76. The molecule has 1 unspecified atom stereocenters. The molecule has 0 aliphatic carbocycles. The van der Waals surface area contributed by atoms with Crippen molar-refractivity contribution in [2.24, 2.45) is 4.36 Å². The van der Waals surface area contributed by atoms with Crippen molar-refractivity contribution in [1.29, 1.82) is 0 Å². The summed E-state index contributed by atoms with van der Waals surface area (Å²) in [7, 11) is -0.139. The smallest absolute Gasteiger partial charge is 0.0606 e. The van der Waals surface area contributed by atoms with Crippen molar-refractivity contribution in [3.8, 4) is 0 Å². The van der Waals surface area contributed by atoms with E-state index in [0.29, 0.717) is 0 Å². The third-order valence-corrected chi connectivity index (χ3v) is 4.18. The SMILES string of the molecule is CC(C)(C)N=S(Cc1ccccc1)NC(C)(C)C. The summed E-state index contributed by atoms with van der Waals surface area (Å²) in [6.07, 6.45) is 0. The van der Waals surface area contributed by atoms with E-state index in [1.54, 1.807) is 0 Å². The lowest BCUT2D eigenvalue weighted by Gasteiger charge is -2.25. The number of hydrogen-bond donors (Lipinski definition) is 1. The number of nitrogens with one attached hydrogen (secondary N) is 1. The molecule has 0 fully saturated rings. The molecule has 1 N–H and O–H groups in total. The Balaban J connectivity index is 2.89. The van der Waals surface area contributed by atoms with Gasteiger partial charge in [0.25, 0.3) is 0 Å². The molecule has 1 rings (SSSR count). The van der Waals surface area contributed by atoms with Gasteiger partial charge in [-0.05, 0) is 58.0 Å². The summed E-state index contributed by atoms with van der Waals surface area (Å²) in [5.41, 5.74) is 1.42.